The van der Waals surface area contributed by atoms with Gasteiger partial charge >= 0.3 is 0 Å². The van der Waals surface area contributed by atoms with Gasteiger partial charge in [0.05, 0.1) is 11.5 Å². The number of benzene rings is 1. The Balaban J connectivity index is 1.35. The van der Waals surface area contributed by atoms with Crippen molar-refractivity contribution >= 4 is 34.3 Å². The highest BCUT2D eigenvalue weighted by Gasteiger charge is 2.31. The van der Waals surface area contributed by atoms with Crippen molar-refractivity contribution in [3.63, 3.8) is 0 Å². The second-order valence-corrected chi connectivity index (χ2v) is 8.16. The number of fused-ring (bicyclic) bond motifs is 1. The summed E-state index contributed by atoms with van der Waals surface area (Å²) >= 11 is 1.31. The number of aryl methyl sites for hydroxylation is 1. The van der Waals surface area contributed by atoms with Crippen molar-refractivity contribution < 1.29 is 14.0 Å². The number of anilines is 1. The molecule has 1 atom stereocenters. The summed E-state index contributed by atoms with van der Waals surface area (Å²) in [5.74, 6) is 0.851. The number of nitrogens with one attached hydrogen (secondary N) is 1. The highest BCUT2D eigenvalue weighted by atomic mass is 32.2. The Morgan fingerprint density at radius 3 is 2.86 bits per heavy atom. The molecule has 4 rings (SSSR count). The minimum atomic E-state index is -0.540. The van der Waals surface area contributed by atoms with E-state index in [1.165, 1.54) is 42.4 Å². The topological polar surface area (TPSA) is 89.2 Å². The number of carbonyl (C=O) groups is 2. The molecule has 1 N–H and O–H groups in total. The zero-order valence-electron chi connectivity index (χ0n) is 15.2. The first kappa shape index (κ1) is 18.8. The summed E-state index contributed by atoms with van der Waals surface area (Å²) in [6, 6.07) is 5.51. The van der Waals surface area contributed by atoms with Crippen LogP contribution in [0.2, 0.25) is 0 Å². The number of hydrogen-bond acceptors (Lipinski definition) is 5. The fourth-order valence-electron chi connectivity index (χ4n) is 3.37. The van der Waals surface area contributed by atoms with Gasteiger partial charge in [-0.05, 0) is 37.1 Å². The van der Waals surface area contributed by atoms with E-state index < -0.39 is 5.25 Å². The number of hydrogen-bond donors (Lipinski definition) is 1. The lowest BCUT2D eigenvalue weighted by atomic mass is 10.2. The molecule has 0 unspecified atom stereocenters. The smallest absolute Gasteiger partial charge is 0.260 e. The van der Waals surface area contributed by atoms with Crippen LogP contribution in [0.25, 0.3) is 0 Å². The van der Waals surface area contributed by atoms with Crippen LogP contribution in [0.4, 0.5) is 10.1 Å². The zero-order chi connectivity index (χ0) is 19.5. The molecule has 146 valence electrons. The van der Waals surface area contributed by atoms with Gasteiger partial charge in [-0.2, -0.15) is 0 Å². The highest BCUT2D eigenvalue weighted by molar-refractivity contribution is 8.15. The van der Waals surface area contributed by atoms with E-state index in [4.69, 9.17) is 0 Å². The first-order chi connectivity index (χ1) is 13.6. The first-order valence-electron chi connectivity index (χ1n) is 9.33. The van der Waals surface area contributed by atoms with Crippen LogP contribution >= 0.6 is 11.8 Å². The largest absolute Gasteiger partial charge is 0.326 e. The summed E-state index contributed by atoms with van der Waals surface area (Å²) in [5.41, 5.74) is 0.495. The van der Waals surface area contributed by atoms with Gasteiger partial charge < -0.3 is 9.88 Å². The van der Waals surface area contributed by atoms with Crippen LogP contribution in [0.3, 0.4) is 0 Å². The van der Waals surface area contributed by atoms with Gasteiger partial charge in [0.2, 0.25) is 5.91 Å². The minimum absolute atomic E-state index is 0.0197. The number of thioether (sulfide) groups is 1. The predicted octanol–water partition coefficient (Wildman–Crippen LogP) is 2.76. The lowest BCUT2D eigenvalue weighted by molar-refractivity contribution is -0.121. The van der Waals surface area contributed by atoms with Crippen LogP contribution in [0, 0.1) is 5.82 Å². The number of nitrogens with zero attached hydrogens (tertiary/aromatic N) is 4. The number of carbonyl (C=O) groups excluding carboxylic acids is 2. The average molecular weight is 401 g/mol. The molecular weight excluding hydrogens is 381 g/mol. The van der Waals surface area contributed by atoms with Crippen LogP contribution < -0.4 is 5.32 Å². The lowest BCUT2D eigenvalue weighted by Crippen LogP contribution is -2.21. The Hall–Kier alpha value is -2.55. The van der Waals surface area contributed by atoms with E-state index in [1.54, 1.807) is 0 Å². The maximum Gasteiger partial charge on any atom is 0.260 e. The minimum Gasteiger partial charge on any atom is -0.326 e. The Morgan fingerprint density at radius 1 is 1.21 bits per heavy atom. The summed E-state index contributed by atoms with van der Waals surface area (Å²) < 4.78 is 15.1. The van der Waals surface area contributed by atoms with Crippen LogP contribution in [-0.2, 0) is 29.0 Å². The standard InChI is InChI=1S/C19H20FN5O2S/c20-12-5-7-13(8-6-12)21-17(26)10-14-19(27)22-18(28-14)11-16-24-23-15-4-2-1-3-9-25(15)16/h5-8,14H,1-4,9-11H2,(H,21,26)/t14-/m1/s1. The molecule has 3 heterocycles. The molecule has 2 aromatic rings. The Morgan fingerprint density at radius 2 is 2.04 bits per heavy atom. The molecule has 0 saturated heterocycles. The van der Waals surface area contributed by atoms with E-state index in [1.807, 2.05) is 0 Å². The third-order valence-electron chi connectivity index (χ3n) is 4.78. The first-order valence-corrected chi connectivity index (χ1v) is 10.2. The van der Waals surface area contributed by atoms with Crippen LogP contribution in [0.5, 0.6) is 0 Å². The average Bonchev–Trinajstić information content (AvgIpc) is 3.10. The fraction of sp³-hybridized carbons (Fsp3) is 0.421. The maximum absolute atomic E-state index is 12.9. The second kappa shape index (κ2) is 8.22. The van der Waals surface area contributed by atoms with Gasteiger partial charge in [0.15, 0.2) is 0 Å². The molecule has 0 aliphatic carbocycles. The van der Waals surface area contributed by atoms with Crippen molar-refractivity contribution in [2.75, 3.05) is 5.32 Å². The molecular formula is C19H20FN5O2S. The van der Waals surface area contributed by atoms with Crippen molar-refractivity contribution in [2.24, 2.45) is 4.99 Å². The van der Waals surface area contributed by atoms with E-state index in [0.717, 1.165) is 37.5 Å². The number of rotatable bonds is 5. The normalized spacial score (nSPS) is 19.1. The second-order valence-electron chi connectivity index (χ2n) is 6.88. The maximum atomic E-state index is 12.9. The van der Waals surface area contributed by atoms with Crippen molar-refractivity contribution in [1.29, 1.82) is 0 Å². The molecule has 1 aromatic heterocycles. The monoisotopic (exact) mass is 401 g/mol. The predicted molar refractivity (Wildman–Crippen MR) is 105 cm³/mol. The molecule has 0 bridgehead atoms. The van der Waals surface area contributed by atoms with Crippen molar-refractivity contribution in [1.82, 2.24) is 14.8 Å². The molecule has 0 saturated carbocycles. The van der Waals surface area contributed by atoms with Crippen molar-refractivity contribution in [3.8, 4) is 0 Å². The highest BCUT2D eigenvalue weighted by Crippen LogP contribution is 2.28. The number of amides is 2. The molecule has 9 heteroatoms. The zero-order valence-corrected chi connectivity index (χ0v) is 16.0. The molecule has 0 radical (unpaired) electrons. The number of aromatic nitrogens is 3. The molecule has 2 aliphatic heterocycles. The van der Waals surface area contributed by atoms with Gasteiger partial charge in [0.1, 0.15) is 22.7 Å². The molecule has 2 amide bonds. The Labute approximate surface area is 165 Å². The van der Waals surface area contributed by atoms with Crippen molar-refractivity contribution in [3.05, 3.63) is 41.7 Å². The van der Waals surface area contributed by atoms with Crippen LogP contribution in [-0.4, -0.2) is 36.9 Å². The lowest BCUT2D eigenvalue weighted by Gasteiger charge is -2.09. The quantitative estimate of drug-likeness (QED) is 0.832. The molecule has 7 nitrogen and oxygen atoms in total. The molecule has 1 aromatic carbocycles. The number of aliphatic imine (C=N–C) groups is 1. The Kier molecular flexibility index (Phi) is 5.52. The Bertz CT molecular complexity index is 925. The van der Waals surface area contributed by atoms with Gasteiger partial charge in [0.25, 0.3) is 5.91 Å². The van der Waals surface area contributed by atoms with Gasteiger partial charge in [-0.25, -0.2) is 9.38 Å². The van der Waals surface area contributed by atoms with Gasteiger partial charge in [-0.15, -0.1) is 10.2 Å². The van der Waals surface area contributed by atoms with Crippen LogP contribution in [0.1, 0.15) is 37.3 Å². The molecule has 28 heavy (non-hydrogen) atoms. The third-order valence-corrected chi connectivity index (χ3v) is 5.94. The summed E-state index contributed by atoms with van der Waals surface area (Å²) in [6.07, 6.45) is 4.81. The third kappa shape index (κ3) is 4.30. The van der Waals surface area contributed by atoms with Gasteiger partial charge in [-0.3, -0.25) is 9.59 Å². The van der Waals surface area contributed by atoms with Crippen molar-refractivity contribution in [2.45, 2.75) is 50.3 Å². The summed E-state index contributed by atoms with van der Waals surface area (Å²) in [4.78, 5) is 28.5. The molecule has 0 spiro atoms. The summed E-state index contributed by atoms with van der Waals surface area (Å²) in [6.45, 7) is 0.896. The summed E-state index contributed by atoms with van der Waals surface area (Å²) in [7, 11) is 0. The van der Waals surface area contributed by atoms with E-state index in [2.05, 4.69) is 25.1 Å². The van der Waals surface area contributed by atoms with E-state index in [9.17, 15) is 14.0 Å². The fourth-order valence-corrected chi connectivity index (χ4v) is 4.44. The molecule has 0 fully saturated rings. The molecule has 2 aliphatic rings. The van der Waals surface area contributed by atoms with E-state index >= 15 is 0 Å². The van der Waals surface area contributed by atoms with Gasteiger partial charge in [0, 0.05) is 25.1 Å². The SMILES string of the molecule is O=C(C[C@H]1SC(Cc2nnc3n2CCCCC3)=NC1=O)Nc1ccc(F)cc1. The van der Waals surface area contributed by atoms with Crippen LogP contribution in [0.15, 0.2) is 29.3 Å². The van der Waals surface area contributed by atoms with Gasteiger partial charge in [-0.1, -0.05) is 18.2 Å². The van der Waals surface area contributed by atoms with E-state index in [0.29, 0.717) is 17.2 Å². The number of halogens is 1. The summed E-state index contributed by atoms with van der Waals surface area (Å²) in [5, 5.41) is 11.4. The van der Waals surface area contributed by atoms with E-state index in [-0.39, 0.29) is 24.1 Å².